The summed E-state index contributed by atoms with van der Waals surface area (Å²) in [4.78, 5) is 14.0. The molecule has 3 rings (SSSR count). The molecular formula is C25H31NO7S. The molecule has 0 amide bonds. The molecule has 0 saturated heterocycles. The van der Waals surface area contributed by atoms with Crippen LogP contribution in [0.2, 0.25) is 0 Å². The van der Waals surface area contributed by atoms with Crippen LogP contribution in [0.3, 0.4) is 0 Å². The second kappa shape index (κ2) is 10.8. The smallest absolute Gasteiger partial charge is 0.306 e. The van der Waals surface area contributed by atoms with E-state index in [0.29, 0.717) is 44.5 Å². The standard InChI is InChI=1S/C25H31NO7S/c1-8-9-34(7)24-22(27)16-12-18(29-2)19(30-3)13-17(16)26(25(24)28)14-15-10-20(31-4)23(33-6)21(11-15)32-5/h10-13H,8-9,14H2,1-7H3. The number of rotatable bonds is 10. The average molecular weight is 490 g/mol. The summed E-state index contributed by atoms with van der Waals surface area (Å²) in [7, 11) is 7.15. The van der Waals surface area contributed by atoms with Crippen molar-refractivity contribution >= 4 is 21.8 Å². The van der Waals surface area contributed by atoms with E-state index in [1.807, 2.05) is 13.2 Å². The summed E-state index contributed by atoms with van der Waals surface area (Å²) in [5.74, 6) is 2.79. The maximum absolute atomic E-state index is 13.7. The number of benzene rings is 2. The Morgan fingerprint density at radius 3 is 1.91 bits per heavy atom. The van der Waals surface area contributed by atoms with Crippen LogP contribution in [0.1, 0.15) is 18.9 Å². The van der Waals surface area contributed by atoms with E-state index < -0.39 is 10.9 Å². The van der Waals surface area contributed by atoms with Crippen molar-refractivity contribution in [1.29, 1.82) is 0 Å². The summed E-state index contributed by atoms with van der Waals surface area (Å²) >= 11 is 0. The second-order valence-corrected chi connectivity index (χ2v) is 9.74. The van der Waals surface area contributed by atoms with Gasteiger partial charge < -0.3 is 28.8 Å². The van der Waals surface area contributed by atoms with E-state index in [2.05, 4.69) is 0 Å². The first kappa shape index (κ1) is 25.4. The molecule has 1 atom stereocenters. The number of ether oxygens (including phenoxy) is 5. The van der Waals surface area contributed by atoms with E-state index in [0.717, 1.165) is 17.7 Å². The van der Waals surface area contributed by atoms with Crippen LogP contribution in [0.25, 0.3) is 10.9 Å². The highest BCUT2D eigenvalue weighted by atomic mass is 32.2. The Bertz CT molecular complexity index is 1210. The molecule has 0 bridgehead atoms. The van der Waals surface area contributed by atoms with Gasteiger partial charge in [-0.3, -0.25) is 9.36 Å². The van der Waals surface area contributed by atoms with E-state index in [1.54, 1.807) is 28.8 Å². The SMILES string of the molecule is CCC[S+](C)c1c([O-])c2cc(OC)c(OC)cc2n(Cc2cc(OC)c(OC)c(OC)c2)c1=O. The number of hydrogen-bond donors (Lipinski definition) is 0. The third-order valence-electron chi connectivity index (χ3n) is 5.61. The molecule has 0 spiro atoms. The van der Waals surface area contributed by atoms with Gasteiger partial charge in [-0.15, -0.1) is 0 Å². The molecule has 0 saturated carbocycles. The van der Waals surface area contributed by atoms with Gasteiger partial charge >= 0.3 is 5.56 Å². The molecule has 0 radical (unpaired) electrons. The monoisotopic (exact) mass is 489 g/mol. The van der Waals surface area contributed by atoms with Gasteiger partial charge in [0.05, 0.1) is 47.6 Å². The molecule has 2 aromatic carbocycles. The first-order valence-corrected chi connectivity index (χ1v) is 12.6. The number of aromatic nitrogens is 1. The molecule has 0 N–H and O–H groups in total. The van der Waals surface area contributed by atoms with Gasteiger partial charge in [-0.1, -0.05) is 6.92 Å². The lowest BCUT2D eigenvalue weighted by Gasteiger charge is -2.21. The Labute approximate surface area is 202 Å². The van der Waals surface area contributed by atoms with Crippen LogP contribution < -0.4 is 34.4 Å². The summed E-state index contributed by atoms with van der Waals surface area (Å²) in [5, 5.41) is 13.9. The summed E-state index contributed by atoms with van der Waals surface area (Å²) in [6.07, 6.45) is 2.81. The molecule has 0 fully saturated rings. The van der Waals surface area contributed by atoms with Gasteiger partial charge in [0.2, 0.25) is 10.6 Å². The summed E-state index contributed by atoms with van der Waals surface area (Å²) < 4.78 is 28.9. The van der Waals surface area contributed by atoms with Crippen LogP contribution in [0.15, 0.2) is 34.0 Å². The predicted molar refractivity (Wildman–Crippen MR) is 133 cm³/mol. The molecule has 1 aromatic heterocycles. The van der Waals surface area contributed by atoms with Gasteiger partial charge in [0.15, 0.2) is 23.0 Å². The quantitative estimate of drug-likeness (QED) is 0.404. The third-order valence-corrected chi connectivity index (χ3v) is 7.68. The van der Waals surface area contributed by atoms with Crippen molar-refractivity contribution in [3.63, 3.8) is 0 Å². The van der Waals surface area contributed by atoms with Crippen molar-refractivity contribution in [3.05, 3.63) is 40.2 Å². The van der Waals surface area contributed by atoms with E-state index in [9.17, 15) is 9.90 Å². The Balaban J connectivity index is 2.34. The van der Waals surface area contributed by atoms with Crippen molar-refractivity contribution < 1.29 is 28.8 Å². The minimum atomic E-state index is -0.501. The number of methoxy groups -OCH3 is 5. The lowest BCUT2D eigenvalue weighted by Crippen LogP contribution is -2.29. The molecule has 9 heteroatoms. The van der Waals surface area contributed by atoms with Crippen LogP contribution in [0, 0.1) is 0 Å². The minimum absolute atomic E-state index is 0.193. The highest BCUT2D eigenvalue weighted by Crippen LogP contribution is 2.40. The Morgan fingerprint density at radius 2 is 1.41 bits per heavy atom. The fraction of sp³-hybridized carbons (Fsp3) is 0.400. The van der Waals surface area contributed by atoms with Gasteiger partial charge in [-0.2, -0.15) is 0 Å². The van der Waals surface area contributed by atoms with E-state index in [4.69, 9.17) is 23.7 Å². The van der Waals surface area contributed by atoms with Gasteiger partial charge in [-0.25, -0.2) is 0 Å². The molecular weight excluding hydrogens is 458 g/mol. The summed E-state index contributed by atoms with van der Waals surface area (Å²) in [5.41, 5.74) is 0.917. The zero-order valence-electron chi connectivity index (χ0n) is 20.6. The molecule has 0 aliphatic heterocycles. The number of fused-ring (bicyclic) bond motifs is 1. The van der Waals surface area contributed by atoms with E-state index in [-0.39, 0.29) is 17.9 Å². The molecule has 0 aliphatic carbocycles. The van der Waals surface area contributed by atoms with Gasteiger partial charge in [-0.05, 0) is 41.3 Å². The lowest BCUT2D eigenvalue weighted by molar-refractivity contribution is -0.270. The Kier molecular flexibility index (Phi) is 8.09. The van der Waals surface area contributed by atoms with Crippen molar-refractivity contribution in [2.24, 2.45) is 0 Å². The zero-order chi connectivity index (χ0) is 25.0. The molecule has 1 heterocycles. The van der Waals surface area contributed by atoms with Crippen molar-refractivity contribution in [2.75, 3.05) is 47.6 Å². The predicted octanol–water partition coefficient (Wildman–Crippen LogP) is 3.18. The van der Waals surface area contributed by atoms with E-state index >= 15 is 0 Å². The Morgan fingerprint density at radius 1 is 0.853 bits per heavy atom. The number of hydrogen-bond acceptors (Lipinski definition) is 7. The van der Waals surface area contributed by atoms with Crippen LogP contribution >= 0.6 is 0 Å². The molecule has 184 valence electrons. The Hall–Kier alpha value is -3.20. The fourth-order valence-corrected chi connectivity index (χ4v) is 5.66. The van der Waals surface area contributed by atoms with Crippen molar-refractivity contribution in [2.45, 2.75) is 24.8 Å². The van der Waals surface area contributed by atoms with Crippen LogP contribution in [0.5, 0.6) is 34.5 Å². The lowest BCUT2D eigenvalue weighted by atomic mass is 10.1. The highest BCUT2D eigenvalue weighted by Gasteiger charge is 2.26. The third kappa shape index (κ3) is 4.57. The maximum Gasteiger partial charge on any atom is 0.306 e. The van der Waals surface area contributed by atoms with Gasteiger partial charge in [0.25, 0.3) is 0 Å². The molecule has 8 nitrogen and oxygen atoms in total. The molecule has 34 heavy (non-hydrogen) atoms. The van der Waals surface area contributed by atoms with Gasteiger partial charge in [0, 0.05) is 17.0 Å². The highest BCUT2D eigenvalue weighted by molar-refractivity contribution is 7.96. The normalized spacial score (nSPS) is 11.9. The number of nitrogens with zero attached hydrogens (tertiary/aromatic N) is 1. The van der Waals surface area contributed by atoms with Crippen molar-refractivity contribution in [3.8, 4) is 34.5 Å². The summed E-state index contributed by atoms with van der Waals surface area (Å²) in [6.45, 7) is 2.23. The molecule has 3 aromatic rings. The maximum atomic E-state index is 13.7. The van der Waals surface area contributed by atoms with Crippen LogP contribution in [-0.2, 0) is 17.4 Å². The first-order chi connectivity index (χ1) is 16.3. The van der Waals surface area contributed by atoms with Crippen LogP contribution in [-0.4, -0.2) is 52.1 Å². The average Bonchev–Trinajstić information content (AvgIpc) is 2.85. The zero-order valence-corrected chi connectivity index (χ0v) is 21.5. The first-order valence-electron chi connectivity index (χ1n) is 10.8. The topological polar surface area (TPSA) is 91.2 Å². The minimum Gasteiger partial charge on any atom is -0.868 e. The molecule has 1 unspecified atom stereocenters. The van der Waals surface area contributed by atoms with Crippen molar-refractivity contribution in [1.82, 2.24) is 4.57 Å². The fourth-order valence-electron chi connectivity index (χ4n) is 4.01. The summed E-state index contributed by atoms with van der Waals surface area (Å²) in [6, 6.07) is 6.91. The second-order valence-electron chi connectivity index (χ2n) is 7.65. The number of pyridine rings is 1. The largest absolute Gasteiger partial charge is 0.868 e. The van der Waals surface area contributed by atoms with Gasteiger partial charge in [0.1, 0.15) is 12.0 Å². The van der Waals surface area contributed by atoms with E-state index in [1.165, 1.54) is 35.5 Å². The molecule has 0 aliphatic rings. The van der Waals surface area contributed by atoms with Crippen LogP contribution in [0.4, 0.5) is 0 Å².